The highest BCUT2D eigenvalue weighted by molar-refractivity contribution is 6.34. The van der Waals surface area contributed by atoms with E-state index >= 15 is 0 Å². The summed E-state index contributed by atoms with van der Waals surface area (Å²) in [7, 11) is 0. The van der Waals surface area contributed by atoms with Gasteiger partial charge in [-0.15, -0.1) is 0 Å². The van der Waals surface area contributed by atoms with E-state index in [1.54, 1.807) is 24.3 Å². The average Bonchev–Trinajstić information content (AvgIpc) is 2.49. The Bertz CT molecular complexity index is 701. The summed E-state index contributed by atoms with van der Waals surface area (Å²) in [4.78, 5) is 22.0. The molecule has 2 N–H and O–H groups in total. The lowest BCUT2D eigenvalue weighted by Gasteiger charge is -2.07. The summed E-state index contributed by atoms with van der Waals surface area (Å²) in [5, 5.41) is 22.5. The van der Waals surface area contributed by atoms with E-state index < -0.39 is 10.8 Å². The van der Waals surface area contributed by atoms with E-state index in [0.717, 1.165) is 11.6 Å². The zero-order chi connectivity index (χ0) is 16.1. The Balaban J connectivity index is 1.95. The van der Waals surface area contributed by atoms with Gasteiger partial charge in [0.15, 0.2) is 0 Å². The molecular weight excluding hydrogens is 308 g/mol. The van der Waals surface area contributed by atoms with Crippen molar-refractivity contribution in [2.75, 3.05) is 6.54 Å². The number of hydrogen-bond donors (Lipinski definition) is 2. The molecule has 6 nitrogen and oxygen atoms in total. The molecule has 2 rings (SSSR count). The standard InChI is InChI=1S/C15H13ClN2O4/c16-14-9-11(18(21)22)3-6-13(14)15(20)17-8-7-10-1-4-12(19)5-2-10/h1-6,9,19H,7-8H2,(H,17,20). The van der Waals surface area contributed by atoms with Gasteiger partial charge in [0.1, 0.15) is 5.75 Å². The molecule has 0 bridgehead atoms. The predicted octanol–water partition coefficient (Wildman–Crippen LogP) is 2.93. The number of nitrogens with zero attached hydrogens (tertiary/aromatic N) is 1. The SMILES string of the molecule is O=C(NCCc1ccc(O)cc1)c1ccc([N+](=O)[O-])cc1Cl. The van der Waals surface area contributed by atoms with Gasteiger partial charge in [-0.2, -0.15) is 0 Å². The summed E-state index contributed by atoms with van der Waals surface area (Å²) < 4.78 is 0. The van der Waals surface area contributed by atoms with Gasteiger partial charge < -0.3 is 10.4 Å². The number of benzene rings is 2. The lowest BCUT2D eigenvalue weighted by atomic mass is 10.1. The maximum absolute atomic E-state index is 12.0. The number of aromatic hydroxyl groups is 1. The van der Waals surface area contributed by atoms with Crippen molar-refractivity contribution >= 4 is 23.2 Å². The smallest absolute Gasteiger partial charge is 0.270 e. The number of phenolic OH excluding ortho intramolecular Hbond substituents is 1. The van der Waals surface area contributed by atoms with Crippen LogP contribution in [0.15, 0.2) is 42.5 Å². The van der Waals surface area contributed by atoms with Gasteiger partial charge >= 0.3 is 0 Å². The van der Waals surface area contributed by atoms with Crippen LogP contribution in [0.2, 0.25) is 5.02 Å². The second-order valence-corrected chi connectivity index (χ2v) is 5.00. The van der Waals surface area contributed by atoms with Gasteiger partial charge in [0.2, 0.25) is 0 Å². The number of amides is 1. The molecule has 0 spiro atoms. The number of halogens is 1. The Kier molecular flexibility index (Phi) is 4.95. The highest BCUT2D eigenvalue weighted by atomic mass is 35.5. The van der Waals surface area contributed by atoms with Crippen molar-refractivity contribution in [2.24, 2.45) is 0 Å². The molecule has 0 aliphatic heterocycles. The van der Waals surface area contributed by atoms with E-state index in [0.29, 0.717) is 13.0 Å². The Hall–Kier alpha value is -2.60. The highest BCUT2D eigenvalue weighted by Crippen LogP contribution is 2.22. The first-order valence-corrected chi connectivity index (χ1v) is 6.85. The molecule has 0 fully saturated rings. The van der Waals surface area contributed by atoms with Crippen LogP contribution < -0.4 is 5.32 Å². The Morgan fingerprint density at radius 3 is 2.50 bits per heavy atom. The first kappa shape index (κ1) is 15.8. The molecule has 0 saturated carbocycles. The maximum Gasteiger partial charge on any atom is 0.270 e. The second-order valence-electron chi connectivity index (χ2n) is 4.59. The van der Waals surface area contributed by atoms with Gasteiger partial charge in [0, 0.05) is 18.7 Å². The Morgan fingerprint density at radius 1 is 1.23 bits per heavy atom. The van der Waals surface area contributed by atoms with Gasteiger partial charge in [-0.1, -0.05) is 23.7 Å². The third-order valence-corrected chi connectivity index (χ3v) is 3.36. The summed E-state index contributed by atoms with van der Waals surface area (Å²) in [6.45, 7) is 0.386. The van der Waals surface area contributed by atoms with Gasteiger partial charge in [0.25, 0.3) is 11.6 Å². The molecule has 0 aromatic heterocycles. The lowest BCUT2D eigenvalue weighted by molar-refractivity contribution is -0.384. The molecule has 0 saturated heterocycles. The molecular formula is C15H13ClN2O4. The first-order valence-electron chi connectivity index (χ1n) is 6.47. The maximum atomic E-state index is 12.0. The van der Waals surface area contributed by atoms with E-state index in [-0.39, 0.29) is 22.0 Å². The van der Waals surface area contributed by atoms with Crippen LogP contribution in [0.3, 0.4) is 0 Å². The summed E-state index contributed by atoms with van der Waals surface area (Å²) in [6, 6.07) is 10.4. The van der Waals surface area contributed by atoms with E-state index in [1.165, 1.54) is 12.1 Å². The van der Waals surface area contributed by atoms with Crippen molar-refractivity contribution < 1.29 is 14.8 Å². The number of hydrogen-bond acceptors (Lipinski definition) is 4. The largest absolute Gasteiger partial charge is 0.508 e. The number of rotatable bonds is 5. The molecule has 2 aromatic rings. The normalized spacial score (nSPS) is 10.2. The number of phenols is 1. The van der Waals surface area contributed by atoms with E-state index in [9.17, 15) is 20.0 Å². The summed E-state index contributed by atoms with van der Waals surface area (Å²) in [5.41, 5.74) is 0.997. The third kappa shape index (κ3) is 3.95. The molecule has 22 heavy (non-hydrogen) atoms. The van der Waals surface area contributed by atoms with Gasteiger partial charge in [-0.3, -0.25) is 14.9 Å². The van der Waals surface area contributed by atoms with E-state index in [1.807, 2.05) is 0 Å². The molecule has 0 unspecified atom stereocenters. The second kappa shape index (κ2) is 6.91. The van der Waals surface area contributed by atoms with E-state index in [4.69, 9.17) is 11.6 Å². The minimum Gasteiger partial charge on any atom is -0.508 e. The van der Waals surface area contributed by atoms with Crippen molar-refractivity contribution in [3.63, 3.8) is 0 Å². The summed E-state index contributed by atoms with van der Waals surface area (Å²) >= 11 is 5.89. The molecule has 0 radical (unpaired) electrons. The zero-order valence-corrected chi connectivity index (χ0v) is 12.2. The van der Waals surface area contributed by atoms with Crippen LogP contribution in [0.25, 0.3) is 0 Å². The van der Waals surface area contributed by atoms with Crippen molar-refractivity contribution in [1.29, 1.82) is 0 Å². The fraction of sp³-hybridized carbons (Fsp3) is 0.133. The molecule has 0 atom stereocenters. The highest BCUT2D eigenvalue weighted by Gasteiger charge is 2.14. The van der Waals surface area contributed by atoms with Crippen LogP contribution in [-0.4, -0.2) is 22.5 Å². The van der Waals surface area contributed by atoms with Crippen LogP contribution in [0.5, 0.6) is 5.75 Å². The number of nitro groups is 1. The molecule has 2 aromatic carbocycles. The average molecular weight is 321 g/mol. The van der Waals surface area contributed by atoms with Crippen LogP contribution in [0.1, 0.15) is 15.9 Å². The van der Waals surface area contributed by atoms with Crippen molar-refractivity contribution in [3.8, 4) is 5.75 Å². The van der Waals surface area contributed by atoms with Gasteiger partial charge in [0.05, 0.1) is 15.5 Å². The first-order chi connectivity index (χ1) is 10.5. The quantitative estimate of drug-likeness (QED) is 0.654. The van der Waals surface area contributed by atoms with Crippen LogP contribution in [-0.2, 0) is 6.42 Å². The van der Waals surface area contributed by atoms with E-state index in [2.05, 4.69) is 5.32 Å². The molecule has 0 heterocycles. The number of carbonyl (C=O) groups excluding carboxylic acids is 1. The number of non-ortho nitro benzene ring substituents is 1. The minimum absolute atomic E-state index is 0.0383. The summed E-state index contributed by atoms with van der Waals surface area (Å²) in [6.07, 6.45) is 0.594. The third-order valence-electron chi connectivity index (χ3n) is 3.04. The van der Waals surface area contributed by atoms with Gasteiger partial charge in [-0.05, 0) is 30.2 Å². The fourth-order valence-electron chi connectivity index (χ4n) is 1.88. The van der Waals surface area contributed by atoms with Crippen molar-refractivity contribution in [1.82, 2.24) is 5.32 Å². The van der Waals surface area contributed by atoms with Crippen LogP contribution in [0, 0.1) is 10.1 Å². The topological polar surface area (TPSA) is 92.5 Å². The fourth-order valence-corrected chi connectivity index (χ4v) is 2.14. The molecule has 7 heteroatoms. The van der Waals surface area contributed by atoms with Crippen molar-refractivity contribution in [3.05, 3.63) is 68.7 Å². The van der Waals surface area contributed by atoms with Gasteiger partial charge in [-0.25, -0.2) is 0 Å². The number of nitro benzene ring substituents is 1. The van der Waals surface area contributed by atoms with Crippen molar-refractivity contribution in [2.45, 2.75) is 6.42 Å². The molecule has 0 aliphatic carbocycles. The Morgan fingerprint density at radius 2 is 1.91 bits per heavy atom. The lowest BCUT2D eigenvalue weighted by Crippen LogP contribution is -2.26. The molecule has 1 amide bonds. The number of nitrogens with one attached hydrogen (secondary N) is 1. The zero-order valence-electron chi connectivity index (χ0n) is 11.5. The molecule has 0 aliphatic rings. The number of carbonyl (C=O) groups is 1. The predicted molar refractivity (Wildman–Crippen MR) is 82.3 cm³/mol. The molecule has 114 valence electrons. The van der Waals surface area contributed by atoms with Crippen LogP contribution >= 0.6 is 11.6 Å². The minimum atomic E-state index is -0.571. The monoisotopic (exact) mass is 320 g/mol. The Labute approximate surface area is 131 Å². The van der Waals surface area contributed by atoms with Crippen LogP contribution in [0.4, 0.5) is 5.69 Å². The summed E-state index contributed by atoms with van der Waals surface area (Å²) in [5.74, 6) is -0.205.